The Morgan fingerprint density at radius 1 is 1.00 bits per heavy atom. The van der Waals surface area contributed by atoms with E-state index in [4.69, 9.17) is 0 Å². The number of hydrogen-bond acceptors (Lipinski definition) is 2. The molecule has 2 amide bonds. The smallest absolute Gasteiger partial charge is 0.220 e. The maximum Gasteiger partial charge on any atom is 0.220 e. The topological polar surface area (TPSA) is 58.2 Å². The lowest BCUT2D eigenvalue weighted by Gasteiger charge is -2.26. The second kappa shape index (κ2) is 9.98. The number of benzene rings is 1. The summed E-state index contributed by atoms with van der Waals surface area (Å²) in [5.41, 5.74) is 1.16. The van der Waals surface area contributed by atoms with E-state index in [1.807, 2.05) is 32.0 Å². The van der Waals surface area contributed by atoms with Gasteiger partial charge in [-0.25, -0.2) is 0 Å². The molecule has 0 spiro atoms. The molecule has 4 nitrogen and oxygen atoms in total. The number of carbonyl (C=O) groups is 2. The van der Waals surface area contributed by atoms with Crippen LogP contribution in [0.15, 0.2) is 30.3 Å². The molecule has 0 aliphatic carbocycles. The lowest BCUT2D eigenvalue weighted by Crippen LogP contribution is -2.46. The van der Waals surface area contributed by atoms with Gasteiger partial charge in [-0.3, -0.25) is 9.59 Å². The maximum absolute atomic E-state index is 11.9. The van der Waals surface area contributed by atoms with Crippen molar-refractivity contribution in [2.24, 2.45) is 0 Å². The van der Waals surface area contributed by atoms with E-state index in [9.17, 15) is 9.59 Å². The second-order valence-electron chi connectivity index (χ2n) is 5.68. The molecule has 1 aromatic carbocycles. The zero-order valence-electron chi connectivity index (χ0n) is 13.9. The molecular formula is C18H28N2O2. The summed E-state index contributed by atoms with van der Waals surface area (Å²) in [7, 11) is 0. The Bertz CT molecular complexity index is 459. The third-order valence-electron chi connectivity index (χ3n) is 3.75. The average Bonchev–Trinajstić information content (AvgIpc) is 2.52. The molecule has 0 saturated carbocycles. The highest BCUT2D eigenvalue weighted by Gasteiger charge is 2.21. The van der Waals surface area contributed by atoms with Gasteiger partial charge in [-0.1, -0.05) is 51.1 Å². The molecule has 0 bridgehead atoms. The first-order chi connectivity index (χ1) is 10.6. The lowest BCUT2D eigenvalue weighted by molar-refractivity contribution is -0.123. The summed E-state index contributed by atoms with van der Waals surface area (Å²) in [6, 6.07) is 9.97. The fourth-order valence-electron chi connectivity index (χ4n) is 2.39. The number of amides is 2. The third kappa shape index (κ3) is 6.29. The van der Waals surface area contributed by atoms with Gasteiger partial charge in [-0.05, 0) is 18.4 Å². The van der Waals surface area contributed by atoms with Crippen molar-refractivity contribution in [1.82, 2.24) is 10.6 Å². The molecule has 1 aromatic rings. The van der Waals surface area contributed by atoms with Crippen LogP contribution in [0.3, 0.4) is 0 Å². The van der Waals surface area contributed by atoms with Gasteiger partial charge in [-0.15, -0.1) is 0 Å². The number of rotatable bonds is 9. The van der Waals surface area contributed by atoms with Crippen LogP contribution in [-0.2, 0) is 9.59 Å². The van der Waals surface area contributed by atoms with Gasteiger partial charge in [0.05, 0.1) is 6.04 Å². The number of hydrogen-bond donors (Lipinski definition) is 2. The highest BCUT2D eigenvalue weighted by Crippen LogP contribution is 2.19. The van der Waals surface area contributed by atoms with Gasteiger partial charge in [0.15, 0.2) is 0 Å². The van der Waals surface area contributed by atoms with Crippen LogP contribution >= 0.6 is 0 Å². The Kier molecular flexibility index (Phi) is 8.26. The summed E-state index contributed by atoms with van der Waals surface area (Å²) in [5, 5.41) is 5.99. The van der Waals surface area contributed by atoms with Crippen LogP contribution in [0, 0.1) is 0 Å². The van der Waals surface area contributed by atoms with Crippen LogP contribution in [-0.4, -0.2) is 24.4 Å². The van der Waals surface area contributed by atoms with Crippen LogP contribution in [0.5, 0.6) is 0 Å². The highest BCUT2D eigenvalue weighted by molar-refractivity contribution is 5.77. The van der Waals surface area contributed by atoms with E-state index >= 15 is 0 Å². The Morgan fingerprint density at radius 2 is 1.59 bits per heavy atom. The van der Waals surface area contributed by atoms with Crippen LogP contribution < -0.4 is 10.6 Å². The fraction of sp³-hybridized carbons (Fsp3) is 0.556. The summed E-state index contributed by atoms with van der Waals surface area (Å²) < 4.78 is 0. The van der Waals surface area contributed by atoms with E-state index in [0.717, 1.165) is 18.4 Å². The Labute approximate surface area is 133 Å². The summed E-state index contributed by atoms with van der Waals surface area (Å²) in [6.07, 6.45) is 2.68. The number of carbonyl (C=O) groups excluding carboxylic acids is 2. The molecule has 22 heavy (non-hydrogen) atoms. The largest absolute Gasteiger partial charge is 0.354 e. The molecule has 0 saturated heterocycles. The fourth-order valence-corrected chi connectivity index (χ4v) is 2.39. The maximum atomic E-state index is 11.9. The Morgan fingerprint density at radius 3 is 2.18 bits per heavy atom. The molecule has 2 atom stereocenters. The van der Waals surface area contributed by atoms with E-state index in [1.54, 1.807) is 0 Å². The zero-order valence-corrected chi connectivity index (χ0v) is 13.9. The van der Waals surface area contributed by atoms with Crippen molar-refractivity contribution >= 4 is 11.8 Å². The lowest BCUT2D eigenvalue weighted by atomic mass is 9.93. The molecule has 122 valence electrons. The van der Waals surface area contributed by atoms with Gasteiger partial charge in [0.25, 0.3) is 0 Å². The monoisotopic (exact) mass is 304 g/mol. The Hall–Kier alpha value is -1.84. The summed E-state index contributed by atoms with van der Waals surface area (Å²) in [6.45, 7) is 6.51. The van der Waals surface area contributed by atoms with Crippen LogP contribution in [0.4, 0.5) is 0 Å². The predicted octanol–water partition coefficient (Wildman–Crippen LogP) is 2.99. The van der Waals surface area contributed by atoms with Crippen molar-refractivity contribution in [3.63, 3.8) is 0 Å². The number of nitrogens with one attached hydrogen (secondary N) is 2. The van der Waals surface area contributed by atoms with Gasteiger partial charge < -0.3 is 10.6 Å². The van der Waals surface area contributed by atoms with Gasteiger partial charge >= 0.3 is 0 Å². The minimum Gasteiger partial charge on any atom is -0.354 e. The second-order valence-corrected chi connectivity index (χ2v) is 5.68. The summed E-state index contributed by atoms with van der Waals surface area (Å²) in [4.78, 5) is 23.6. The van der Waals surface area contributed by atoms with Crippen molar-refractivity contribution in [3.05, 3.63) is 35.9 Å². The first-order valence-electron chi connectivity index (χ1n) is 8.19. The van der Waals surface area contributed by atoms with Crippen molar-refractivity contribution in [1.29, 1.82) is 0 Å². The van der Waals surface area contributed by atoms with Crippen molar-refractivity contribution in [3.8, 4) is 0 Å². The predicted molar refractivity (Wildman–Crippen MR) is 89.6 cm³/mol. The molecule has 0 fully saturated rings. The minimum absolute atomic E-state index is 0.0394. The van der Waals surface area contributed by atoms with E-state index in [0.29, 0.717) is 19.4 Å². The third-order valence-corrected chi connectivity index (χ3v) is 3.75. The molecule has 0 aliphatic rings. The average molecular weight is 304 g/mol. The Balaban J connectivity index is 2.72. The van der Waals surface area contributed by atoms with Gasteiger partial charge in [0, 0.05) is 25.3 Å². The summed E-state index contributed by atoms with van der Waals surface area (Å²) >= 11 is 0. The van der Waals surface area contributed by atoms with Crippen molar-refractivity contribution in [2.45, 2.75) is 58.4 Å². The van der Waals surface area contributed by atoms with Gasteiger partial charge in [-0.2, -0.15) is 0 Å². The van der Waals surface area contributed by atoms with Crippen LogP contribution in [0.1, 0.15) is 57.9 Å². The molecule has 4 heteroatoms. The standard InChI is InChI=1S/C18H28N2O2/c1-4-9-17(21)19-13-16(20-18(22)10-5-2)14(3)15-11-7-6-8-12-15/h6-8,11-12,14,16H,4-5,9-10,13H2,1-3H3,(H,19,21)(H,20,22)/t14-,16-/m0/s1. The molecule has 2 N–H and O–H groups in total. The first kappa shape index (κ1) is 18.2. The molecule has 0 unspecified atom stereocenters. The molecule has 0 aliphatic heterocycles. The highest BCUT2D eigenvalue weighted by atomic mass is 16.2. The van der Waals surface area contributed by atoms with Gasteiger partial charge in [0.1, 0.15) is 0 Å². The van der Waals surface area contributed by atoms with Crippen LogP contribution in [0.25, 0.3) is 0 Å². The van der Waals surface area contributed by atoms with Crippen molar-refractivity contribution in [2.75, 3.05) is 6.54 Å². The molecule has 0 radical (unpaired) electrons. The normalized spacial score (nSPS) is 13.2. The van der Waals surface area contributed by atoms with E-state index in [2.05, 4.69) is 29.7 Å². The summed E-state index contributed by atoms with van der Waals surface area (Å²) in [5.74, 6) is 0.224. The van der Waals surface area contributed by atoms with E-state index in [-0.39, 0.29) is 23.8 Å². The van der Waals surface area contributed by atoms with Crippen molar-refractivity contribution < 1.29 is 9.59 Å². The van der Waals surface area contributed by atoms with Crippen LogP contribution in [0.2, 0.25) is 0 Å². The van der Waals surface area contributed by atoms with E-state index < -0.39 is 0 Å². The van der Waals surface area contributed by atoms with Gasteiger partial charge in [0.2, 0.25) is 11.8 Å². The minimum atomic E-state index is -0.0951. The molecular weight excluding hydrogens is 276 g/mol. The molecule has 0 heterocycles. The molecule has 0 aromatic heterocycles. The zero-order chi connectivity index (χ0) is 16.4. The SMILES string of the molecule is CCCC(=O)NC[C@H](NC(=O)CCC)[C@@H](C)c1ccccc1. The first-order valence-corrected chi connectivity index (χ1v) is 8.19. The van der Waals surface area contributed by atoms with E-state index in [1.165, 1.54) is 0 Å². The molecule has 1 rings (SSSR count). The quantitative estimate of drug-likeness (QED) is 0.737.